The van der Waals surface area contributed by atoms with E-state index in [2.05, 4.69) is 22.9 Å². The van der Waals surface area contributed by atoms with Gasteiger partial charge in [-0.3, -0.25) is 9.59 Å². The van der Waals surface area contributed by atoms with Crippen molar-refractivity contribution in [2.75, 3.05) is 26.2 Å². The van der Waals surface area contributed by atoms with Crippen LogP contribution in [0.4, 0.5) is 0 Å². The van der Waals surface area contributed by atoms with Gasteiger partial charge in [0, 0.05) is 25.6 Å². The van der Waals surface area contributed by atoms with E-state index < -0.39 is 0 Å². The Morgan fingerprint density at radius 1 is 1.25 bits per heavy atom. The molecule has 1 aliphatic heterocycles. The molecule has 1 unspecified atom stereocenters. The van der Waals surface area contributed by atoms with E-state index in [1.54, 1.807) is 0 Å². The predicted molar refractivity (Wildman–Crippen MR) is 80.3 cm³/mol. The van der Waals surface area contributed by atoms with Gasteiger partial charge in [-0.2, -0.15) is 0 Å². The maximum absolute atomic E-state index is 12.4. The molecule has 116 valence electrons. The van der Waals surface area contributed by atoms with Gasteiger partial charge >= 0.3 is 0 Å². The summed E-state index contributed by atoms with van der Waals surface area (Å²) in [6, 6.07) is 0. The first-order valence-corrected chi connectivity index (χ1v) is 7.78. The zero-order chi connectivity index (χ0) is 15.0. The van der Waals surface area contributed by atoms with Crippen LogP contribution in [0.2, 0.25) is 0 Å². The van der Waals surface area contributed by atoms with Crippen LogP contribution >= 0.6 is 0 Å². The van der Waals surface area contributed by atoms with Gasteiger partial charge in [0.05, 0.1) is 5.41 Å². The van der Waals surface area contributed by atoms with Crippen molar-refractivity contribution in [3.8, 4) is 0 Å². The van der Waals surface area contributed by atoms with Gasteiger partial charge in [0.15, 0.2) is 0 Å². The molecule has 0 aromatic rings. The van der Waals surface area contributed by atoms with Crippen molar-refractivity contribution in [1.29, 1.82) is 0 Å². The molecule has 1 aliphatic rings. The fourth-order valence-corrected chi connectivity index (χ4v) is 2.72. The summed E-state index contributed by atoms with van der Waals surface area (Å²) < 4.78 is 0. The highest BCUT2D eigenvalue weighted by molar-refractivity contribution is 5.83. The summed E-state index contributed by atoms with van der Waals surface area (Å²) in [5.74, 6) is 0.145. The van der Waals surface area contributed by atoms with Crippen LogP contribution in [0.3, 0.4) is 0 Å². The monoisotopic (exact) mass is 283 g/mol. The molecule has 1 rings (SSSR count). The van der Waals surface area contributed by atoms with Gasteiger partial charge < -0.3 is 16.0 Å². The van der Waals surface area contributed by atoms with Gasteiger partial charge in [-0.1, -0.05) is 27.2 Å². The van der Waals surface area contributed by atoms with E-state index in [-0.39, 0.29) is 23.1 Å². The molecule has 0 aromatic heterocycles. The Morgan fingerprint density at radius 3 is 2.50 bits per heavy atom. The number of nitrogens with one attached hydrogen (secondary N) is 3. The second-order valence-electron chi connectivity index (χ2n) is 6.01. The lowest BCUT2D eigenvalue weighted by molar-refractivity contribution is -0.133. The molecular weight excluding hydrogens is 254 g/mol. The van der Waals surface area contributed by atoms with E-state index in [0.717, 1.165) is 38.8 Å². The van der Waals surface area contributed by atoms with Crippen LogP contribution in [0.5, 0.6) is 0 Å². The van der Waals surface area contributed by atoms with Crippen molar-refractivity contribution in [2.24, 2.45) is 11.3 Å². The molecule has 3 N–H and O–H groups in total. The summed E-state index contributed by atoms with van der Waals surface area (Å²) in [4.78, 5) is 23.8. The Kier molecular flexibility index (Phi) is 6.99. The normalized spacial score (nSPS) is 22.6. The van der Waals surface area contributed by atoms with E-state index in [1.165, 1.54) is 0 Å². The number of amides is 2. The number of hydrogen-bond acceptors (Lipinski definition) is 3. The Morgan fingerprint density at radius 2 is 1.95 bits per heavy atom. The summed E-state index contributed by atoms with van der Waals surface area (Å²) in [6.45, 7) is 8.61. The van der Waals surface area contributed by atoms with Gasteiger partial charge in [-0.25, -0.2) is 0 Å². The molecule has 5 heteroatoms. The molecule has 5 nitrogen and oxygen atoms in total. The third kappa shape index (κ3) is 4.78. The highest BCUT2D eigenvalue weighted by Gasteiger charge is 2.38. The minimum Gasteiger partial charge on any atom is -0.354 e. The molecule has 1 atom stereocenters. The van der Waals surface area contributed by atoms with Gasteiger partial charge in [0.25, 0.3) is 0 Å². The van der Waals surface area contributed by atoms with Crippen molar-refractivity contribution >= 4 is 11.8 Å². The van der Waals surface area contributed by atoms with E-state index in [4.69, 9.17) is 0 Å². The van der Waals surface area contributed by atoms with Crippen molar-refractivity contribution < 1.29 is 9.59 Å². The zero-order valence-corrected chi connectivity index (χ0v) is 13.1. The quantitative estimate of drug-likeness (QED) is 0.612. The summed E-state index contributed by atoms with van der Waals surface area (Å²) in [5, 5.41) is 9.13. The first-order valence-electron chi connectivity index (χ1n) is 7.78. The number of carbonyl (C=O) groups excluding carboxylic acids is 2. The van der Waals surface area contributed by atoms with Gasteiger partial charge in [0.1, 0.15) is 0 Å². The van der Waals surface area contributed by atoms with Crippen molar-refractivity contribution in [3.63, 3.8) is 0 Å². The SMILES string of the molecule is CCCC1(C(=O)NCCNC(=O)C(C)C)CCCNC1. The molecule has 0 saturated carbocycles. The lowest BCUT2D eigenvalue weighted by Crippen LogP contribution is -2.51. The summed E-state index contributed by atoms with van der Waals surface area (Å²) >= 11 is 0. The lowest BCUT2D eigenvalue weighted by Gasteiger charge is -2.36. The van der Waals surface area contributed by atoms with E-state index in [1.807, 2.05) is 13.8 Å². The van der Waals surface area contributed by atoms with Gasteiger partial charge in [-0.05, 0) is 25.8 Å². The average Bonchev–Trinajstić information content (AvgIpc) is 2.44. The standard InChI is InChI=1S/C15H29N3O2/c1-4-6-15(7-5-8-16-11-15)14(20)18-10-9-17-13(19)12(2)3/h12,16H,4-11H2,1-3H3,(H,17,19)(H,18,20). The smallest absolute Gasteiger partial charge is 0.227 e. The van der Waals surface area contributed by atoms with Crippen LogP contribution in [0.15, 0.2) is 0 Å². The Hall–Kier alpha value is -1.10. The van der Waals surface area contributed by atoms with Crippen LogP contribution in [0.1, 0.15) is 46.5 Å². The number of carbonyl (C=O) groups is 2. The van der Waals surface area contributed by atoms with Crippen LogP contribution in [-0.2, 0) is 9.59 Å². The van der Waals surface area contributed by atoms with Gasteiger partial charge in [-0.15, -0.1) is 0 Å². The predicted octanol–water partition coefficient (Wildman–Crippen LogP) is 1.04. The van der Waals surface area contributed by atoms with Crippen molar-refractivity contribution in [3.05, 3.63) is 0 Å². The first-order chi connectivity index (χ1) is 9.52. The second kappa shape index (κ2) is 8.25. The maximum Gasteiger partial charge on any atom is 0.227 e. The Balaban J connectivity index is 2.37. The maximum atomic E-state index is 12.4. The minimum atomic E-state index is -0.255. The highest BCUT2D eigenvalue weighted by Crippen LogP contribution is 2.31. The van der Waals surface area contributed by atoms with Crippen LogP contribution in [-0.4, -0.2) is 38.0 Å². The van der Waals surface area contributed by atoms with Crippen LogP contribution in [0, 0.1) is 11.3 Å². The number of hydrogen-bond donors (Lipinski definition) is 3. The second-order valence-corrected chi connectivity index (χ2v) is 6.01. The molecule has 0 spiro atoms. The first kappa shape index (κ1) is 17.0. The zero-order valence-electron chi connectivity index (χ0n) is 13.1. The molecule has 0 radical (unpaired) electrons. The molecule has 0 bridgehead atoms. The van der Waals surface area contributed by atoms with Crippen LogP contribution < -0.4 is 16.0 Å². The number of rotatable bonds is 7. The summed E-state index contributed by atoms with van der Waals surface area (Å²) in [6.07, 6.45) is 3.94. The molecule has 1 heterocycles. The Labute approximate surface area is 122 Å². The molecule has 0 aliphatic carbocycles. The molecule has 1 fully saturated rings. The largest absolute Gasteiger partial charge is 0.354 e. The summed E-state index contributed by atoms with van der Waals surface area (Å²) in [5.41, 5.74) is -0.255. The van der Waals surface area contributed by atoms with Crippen molar-refractivity contribution in [2.45, 2.75) is 46.5 Å². The van der Waals surface area contributed by atoms with E-state index >= 15 is 0 Å². The fraction of sp³-hybridized carbons (Fsp3) is 0.867. The molecule has 20 heavy (non-hydrogen) atoms. The lowest BCUT2D eigenvalue weighted by atomic mass is 9.76. The number of piperidine rings is 1. The van der Waals surface area contributed by atoms with E-state index in [9.17, 15) is 9.59 Å². The highest BCUT2D eigenvalue weighted by atomic mass is 16.2. The van der Waals surface area contributed by atoms with Crippen molar-refractivity contribution in [1.82, 2.24) is 16.0 Å². The van der Waals surface area contributed by atoms with E-state index in [0.29, 0.717) is 13.1 Å². The molecule has 1 saturated heterocycles. The minimum absolute atomic E-state index is 0.0142. The summed E-state index contributed by atoms with van der Waals surface area (Å²) in [7, 11) is 0. The topological polar surface area (TPSA) is 70.2 Å². The van der Waals surface area contributed by atoms with Gasteiger partial charge in [0.2, 0.25) is 11.8 Å². The molecular formula is C15H29N3O2. The Bertz CT molecular complexity index is 318. The molecule has 2 amide bonds. The molecule has 0 aromatic carbocycles. The third-order valence-electron chi connectivity index (χ3n) is 3.92. The van der Waals surface area contributed by atoms with Crippen LogP contribution in [0.25, 0.3) is 0 Å². The fourth-order valence-electron chi connectivity index (χ4n) is 2.72. The average molecular weight is 283 g/mol. The third-order valence-corrected chi connectivity index (χ3v) is 3.92.